The molecule has 132 valence electrons. The number of methoxy groups -OCH3 is 1. The summed E-state index contributed by atoms with van der Waals surface area (Å²) in [6, 6.07) is 12.3. The average Bonchev–Trinajstić information content (AvgIpc) is 2.56. The number of amides is 1. The third-order valence-electron chi connectivity index (χ3n) is 3.64. The predicted molar refractivity (Wildman–Crippen MR) is 95.8 cm³/mol. The molecule has 25 heavy (non-hydrogen) atoms. The smallest absolute Gasteiger partial charge is 0.311 e. The molecule has 2 rings (SSSR count). The van der Waals surface area contributed by atoms with Gasteiger partial charge in [-0.1, -0.05) is 23.8 Å². The van der Waals surface area contributed by atoms with Crippen LogP contribution in [0.3, 0.4) is 0 Å². The van der Waals surface area contributed by atoms with Gasteiger partial charge in [0, 0.05) is 18.3 Å². The normalized spacial score (nSPS) is 10.6. The molecule has 2 aromatic rings. The predicted octanol–water partition coefficient (Wildman–Crippen LogP) is 2.98. The molecule has 7 nitrogen and oxygen atoms in total. The third-order valence-corrected chi connectivity index (χ3v) is 3.64. The number of aryl methyl sites for hydroxylation is 1. The fourth-order valence-corrected chi connectivity index (χ4v) is 2.43. The molecule has 0 heterocycles. The molecule has 0 spiro atoms. The minimum Gasteiger partial charge on any atom is -0.490 e. The van der Waals surface area contributed by atoms with E-state index in [9.17, 15) is 14.9 Å². The SMILES string of the molecule is COc1ccc(CN(C)CC(=O)Nc2ccc(C)cc2)cc1[N+](=O)[O-]. The van der Waals surface area contributed by atoms with Crippen LogP contribution >= 0.6 is 0 Å². The number of likely N-dealkylation sites (N-methyl/N-ethyl adjacent to an activating group) is 1. The molecule has 1 amide bonds. The van der Waals surface area contributed by atoms with Gasteiger partial charge in [-0.05, 0) is 37.7 Å². The second kappa shape index (κ2) is 8.25. The summed E-state index contributed by atoms with van der Waals surface area (Å²) in [5.41, 5.74) is 2.51. The average molecular weight is 343 g/mol. The number of rotatable bonds is 7. The van der Waals surface area contributed by atoms with Gasteiger partial charge in [-0.15, -0.1) is 0 Å². The summed E-state index contributed by atoms with van der Waals surface area (Å²) in [4.78, 5) is 24.5. The van der Waals surface area contributed by atoms with Crippen LogP contribution in [0.25, 0.3) is 0 Å². The number of hydrogen-bond acceptors (Lipinski definition) is 5. The molecule has 0 fully saturated rings. The quantitative estimate of drug-likeness (QED) is 0.617. The van der Waals surface area contributed by atoms with Gasteiger partial charge >= 0.3 is 5.69 Å². The van der Waals surface area contributed by atoms with Crippen LogP contribution in [0.1, 0.15) is 11.1 Å². The van der Waals surface area contributed by atoms with Crippen LogP contribution in [0.5, 0.6) is 5.75 Å². The summed E-state index contributed by atoms with van der Waals surface area (Å²) >= 11 is 0. The van der Waals surface area contributed by atoms with Gasteiger partial charge < -0.3 is 10.1 Å². The van der Waals surface area contributed by atoms with Crippen LogP contribution in [0.4, 0.5) is 11.4 Å². The zero-order valence-electron chi connectivity index (χ0n) is 14.5. The number of benzene rings is 2. The fraction of sp³-hybridized carbons (Fsp3) is 0.278. The van der Waals surface area contributed by atoms with Crippen molar-refractivity contribution in [1.82, 2.24) is 4.90 Å². The van der Waals surface area contributed by atoms with Crippen molar-refractivity contribution in [3.05, 3.63) is 63.7 Å². The first-order valence-corrected chi connectivity index (χ1v) is 7.75. The molecule has 0 aliphatic heterocycles. The number of nitrogens with zero attached hydrogens (tertiary/aromatic N) is 2. The highest BCUT2D eigenvalue weighted by Gasteiger charge is 2.16. The summed E-state index contributed by atoms with van der Waals surface area (Å²) in [5.74, 6) is 0.0721. The van der Waals surface area contributed by atoms with Crippen LogP contribution < -0.4 is 10.1 Å². The Kier molecular flexibility index (Phi) is 6.08. The maximum absolute atomic E-state index is 12.1. The number of nitrogens with one attached hydrogen (secondary N) is 1. The number of hydrogen-bond donors (Lipinski definition) is 1. The molecule has 0 aliphatic carbocycles. The van der Waals surface area contributed by atoms with Crippen molar-refractivity contribution in [2.45, 2.75) is 13.5 Å². The zero-order valence-corrected chi connectivity index (χ0v) is 14.5. The van der Waals surface area contributed by atoms with Gasteiger partial charge in [-0.3, -0.25) is 19.8 Å². The molecule has 0 radical (unpaired) electrons. The van der Waals surface area contributed by atoms with Gasteiger partial charge in [-0.25, -0.2) is 0 Å². The number of anilines is 1. The van der Waals surface area contributed by atoms with E-state index in [1.807, 2.05) is 31.2 Å². The first kappa shape index (κ1) is 18.4. The topological polar surface area (TPSA) is 84.7 Å². The largest absolute Gasteiger partial charge is 0.490 e. The molecule has 2 aromatic carbocycles. The molecule has 0 bridgehead atoms. The van der Waals surface area contributed by atoms with Crippen molar-refractivity contribution in [3.8, 4) is 5.75 Å². The number of nitro benzene ring substituents is 1. The van der Waals surface area contributed by atoms with Crippen molar-refractivity contribution in [1.29, 1.82) is 0 Å². The van der Waals surface area contributed by atoms with Crippen molar-refractivity contribution in [3.63, 3.8) is 0 Å². The van der Waals surface area contributed by atoms with Gasteiger partial charge in [0.1, 0.15) is 0 Å². The van der Waals surface area contributed by atoms with Crippen LogP contribution in [-0.4, -0.2) is 36.4 Å². The fourth-order valence-electron chi connectivity index (χ4n) is 2.43. The number of ether oxygens (including phenoxy) is 1. The highest BCUT2D eigenvalue weighted by Crippen LogP contribution is 2.27. The van der Waals surface area contributed by atoms with Crippen molar-refractivity contribution in [2.24, 2.45) is 0 Å². The number of carbonyl (C=O) groups excluding carboxylic acids is 1. The van der Waals surface area contributed by atoms with E-state index < -0.39 is 4.92 Å². The second-order valence-electron chi connectivity index (χ2n) is 5.85. The molecule has 0 unspecified atom stereocenters. The van der Waals surface area contributed by atoms with Gasteiger partial charge in [0.2, 0.25) is 5.91 Å². The molecule has 1 N–H and O–H groups in total. The summed E-state index contributed by atoms with van der Waals surface area (Å²) in [6.07, 6.45) is 0. The van der Waals surface area contributed by atoms with Crippen LogP contribution in [0.15, 0.2) is 42.5 Å². The summed E-state index contributed by atoms with van der Waals surface area (Å²) < 4.78 is 4.99. The standard InChI is InChI=1S/C18H21N3O4/c1-13-4-7-15(8-5-13)19-18(22)12-20(2)11-14-6-9-17(25-3)16(10-14)21(23)24/h4-10H,11-12H2,1-3H3,(H,19,22). The third kappa shape index (κ3) is 5.29. The molecule has 0 saturated heterocycles. The molecular weight excluding hydrogens is 322 g/mol. The summed E-state index contributed by atoms with van der Waals surface area (Å²) in [5, 5.41) is 13.9. The monoisotopic (exact) mass is 343 g/mol. The first-order chi connectivity index (χ1) is 11.9. The van der Waals surface area contributed by atoms with Crippen molar-refractivity contribution in [2.75, 3.05) is 26.0 Å². The lowest BCUT2D eigenvalue weighted by molar-refractivity contribution is -0.385. The lowest BCUT2D eigenvalue weighted by atomic mass is 10.1. The Morgan fingerprint density at radius 1 is 1.24 bits per heavy atom. The maximum Gasteiger partial charge on any atom is 0.311 e. The molecule has 7 heteroatoms. The Morgan fingerprint density at radius 2 is 1.92 bits per heavy atom. The highest BCUT2D eigenvalue weighted by atomic mass is 16.6. The van der Waals surface area contributed by atoms with E-state index in [-0.39, 0.29) is 23.9 Å². The van der Waals surface area contributed by atoms with E-state index in [2.05, 4.69) is 5.32 Å². The van der Waals surface area contributed by atoms with E-state index in [1.54, 1.807) is 24.1 Å². The van der Waals surface area contributed by atoms with Gasteiger partial charge in [0.15, 0.2) is 5.75 Å². The maximum atomic E-state index is 12.1. The Balaban J connectivity index is 1.96. The zero-order chi connectivity index (χ0) is 18.4. The lowest BCUT2D eigenvalue weighted by Gasteiger charge is -2.16. The van der Waals surface area contributed by atoms with Crippen molar-refractivity contribution >= 4 is 17.3 Å². The number of nitro groups is 1. The highest BCUT2D eigenvalue weighted by molar-refractivity contribution is 5.92. The van der Waals surface area contributed by atoms with Crippen LogP contribution in [-0.2, 0) is 11.3 Å². The van der Waals surface area contributed by atoms with Crippen LogP contribution in [0.2, 0.25) is 0 Å². The van der Waals surface area contributed by atoms with Gasteiger partial charge in [0.05, 0.1) is 18.6 Å². The van der Waals surface area contributed by atoms with E-state index in [1.165, 1.54) is 13.2 Å². The molecular formula is C18H21N3O4. The van der Waals surface area contributed by atoms with E-state index in [0.717, 1.165) is 16.8 Å². The Hall–Kier alpha value is -2.93. The minimum atomic E-state index is -0.480. The summed E-state index contributed by atoms with van der Waals surface area (Å²) in [6.45, 7) is 2.56. The Morgan fingerprint density at radius 3 is 2.52 bits per heavy atom. The minimum absolute atomic E-state index is 0.0856. The van der Waals surface area contributed by atoms with Crippen molar-refractivity contribution < 1.29 is 14.5 Å². The lowest BCUT2D eigenvalue weighted by Crippen LogP contribution is -2.29. The number of carbonyl (C=O) groups is 1. The van der Waals surface area contributed by atoms with E-state index >= 15 is 0 Å². The molecule has 0 aromatic heterocycles. The molecule has 0 atom stereocenters. The van der Waals surface area contributed by atoms with E-state index in [4.69, 9.17) is 4.74 Å². The molecule has 0 saturated carbocycles. The first-order valence-electron chi connectivity index (χ1n) is 7.75. The molecule has 0 aliphatic rings. The Labute approximate surface area is 146 Å². The van der Waals surface area contributed by atoms with E-state index in [0.29, 0.717) is 6.54 Å². The van der Waals surface area contributed by atoms with Gasteiger partial charge in [-0.2, -0.15) is 0 Å². The van der Waals surface area contributed by atoms with Gasteiger partial charge in [0.25, 0.3) is 0 Å². The van der Waals surface area contributed by atoms with Crippen LogP contribution in [0, 0.1) is 17.0 Å². The summed E-state index contributed by atoms with van der Waals surface area (Å²) in [7, 11) is 3.17. The second-order valence-corrected chi connectivity index (χ2v) is 5.85. The Bertz CT molecular complexity index is 759.